The van der Waals surface area contributed by atoms with Crippen LogP contribution in [0.1, 0.15) is 38.2 Å². The second kappa shape index (κ2) is 6.48. The second-order valence-electron chi connectivity index (χ2n) is 7.13. The molecule has 5 nitrogen and oxygen atoms in total. The Kier molecular flexibility index (Phi) is 4.71. The summed E-state index contributed by atoms with van der Waals surface area (Å²) in [7, 11) is -3.42. The molecule has 1 spiro atoms. The normalized spacial score (nSPS) is 22.1. The van der Waals surface area contributed by atoms with Gasteiger partial charge in [-0.15, -0.1) is 0 Å². The van der Waals surface area contributed by atoms with Crippen molar-refractivity contribution in [1.29, 1.82) is 0 Å². The highest BCUT2D eigenvalue weighted by Gasteiger charge is 2.42. The molecule has 2 fully saturated rings. The van der Waals surface area contributed by atoms with E-state index in [-0.39, 0.29) is 11.3 Å². The van der Waals surface area contributed by atoms with E-state index < -0.39 is 10.0 Å². The van der Waals surface area contributed by atoms with Crippen molar-refractivity contribution in [1.82, 2.24) is 9.21 Å². The summed E-state index contributed by atoms with van der Waals surface area (Å²) in [5, 5.41) is 0. The van der Waals surface area contributed by atoms with Crippen molar-refractivity contribution in [3.8, 4) is 0 Å². The molecule has 0 atom stereocenters. The molecule has 0 unspecified atom stereocenters. The van der Waals surface area contributed by atoms with Gasteiger partial charge in [-0.05, 0) is 56.2 Å². The van der Waals surface area contributed by atoms with Crippen LogP contribution in [-0.4, -0.2) is 49.7 Å². The van der Waals surface area contributed by atoms with Gasteiger partial charge in [0.05, 0.1) is 4.90 Å². The van der Waals surface area contributed by atoms with Crippen LogP contribution in [0, 0.1) is 12.3 Å². The Hall–Kier alpha value is -1.40. The number of amides is 1. The molecule has 0 aliphatic carbocycles. The minimum atomic E-state index is -3.42. The lowest BCUT2D eigenvalue weighted by molar-refractivity contribution is -0.138. The van der Waals surface area contributed by atoms with Gasteiger partial charge in [0.2, 0.25) is 15.9 Å². The Labute approximate surface area is 144 Å². The molecule has 3 rings (SSSR count). The first-order valence-corrected chi connectivity index (χ1v) is 10.1. The number of benzene rings is 1. The van der Waals surface area contributed by atoms with E-state index in [0.717, 1.165) is 37.9 Å². The van der Waals surface area contributed by atoms with Crippen molar-refractivity contribution in [2.45, 2.75) is 44.4 Å². The van der Waals surface area contributed by atoms with Gasteiger partial charge < -0.3 is 4.90 Å². The molecule has 24 heavy (non-hydrogen) atoms. The molecule has 0 N–H and O–H groups in total. The van der Waals surface area contributed by atoms with E-state index in [4.69, 9.17) is 0 Å². The fraction of sp³-hybridized carbons (Fsp3) is 0.611. The minimum absolute atomic E-state index is 0.0997. The topological polar surface area (TPSA) is 57.7 Å². The van der Waals surface area contributed by atoms with E-state index in [2.05, 4.69) is 0 Å². The van der Waals surface area contributed by atoms with Crippen LogP contribution in [0.5, 0.6) is 0 Å². The van der Waals surface area contributed by atoms with Crippen LogP contribution >= 0.6 is 0 Å². The van der Waals surface area contributed by atoms with E-state index in [1.807, 2.05) is 24.8 Å². The van der Waals surface area contributed by atoms with Crippen LogP contribution in [0.25, 0.3) is 0 Å². The van der Waals surface area contributed by atoms with Gasteiger partial charge in [-0.1, -0.05) is 12.1 Å². The number of carbonyl (C=O) groups is 1. The van der Waals surface area contributed by atoms with Gasteiger partial charge in [0.25, 0.3) is 0 Å². The molecule has 0 bridgehead atoms. The monoisotopic (exact) mass is 350 g/mol. The van der Waals surface area contributed by atoms with Gasteiger partial charge in [0.15, 0.2) is 0 Å². The molecule has 1 aromatic rings. The quantitative estimate of drug-likeness (QED) is 0.841. The summed E-state index contributed by atoms with van der Waals surface area (Å²) in [4.78, 5) is 14.2. The lowest BCUT2D eigenvalue weighted by Crippen LogP contribution is -2.52. The molecule has 2 aliphatic heterocycles. The van der Waals surface area contributed by atoms with E-state index in [9.17, 15) is 13.2 Å². The van der Waals surface area contributed by atoms with E-state index >= 15 is 0 Å². The van der Waals surface area contributed by atoms with Gasteiger partial charge in [0, 0.05) is 32.6 Å². The maximum Gasteiger partial charge on any atom is 0.243 e. The highest BCUT2D eigenvalue weighted by molar-refractivity contribution is 7.89. The first-order chi connectivity index (χ1) is 11.4. The minimum Gasteiger partial charge on any atom is -0.342 e. The lowest BCUT2D eigenvalue weighted by atomic mass is 9.73. The summed E-state index contributed by atoms with van der Waals surface area (Å²) in [6.07, 6.45) is 3.16. The molecule has 132 valence electrons. The number of rotatable bonds is 3. The summed E-state index contributed by atoms with van der Waals surface area (Å²) < 4.78 is 27.3. The van der Waals surface area contributed by atoms with Crippen LogP contribution in [-0.2, 0) is 14.8 Å². The Morgan fingerprint density at radius 1 is 1.17 bits per heavy atom. The van der Waals surface area contributed by atoms with Crippen molar-refractivity contribution >= 4 is 15.9 Å². The Bertz CT molecular complexity index is 722. The summed E-state index contributed by atoms with van der Waals surface area (Å²) in [5.74, 6) is 0.234. The smallest absolute Gasteiger partial charge is 0.243 e. The first kappa shape index (κ1) is 17.4. The predicted octanol–water partition coefficient (Wildman–Crippen LogP) is 2.41. The number of hydrogen-bond donors (Lipinski definition) is 0. The van der Waals surface area contributed by atoms with Crippen molar-refractivity contribution < 1.29 is 13.2 Å². The molecule has 0 aromatic heterocycles. The van der Waals surface area contributed by atoms with E-state index in [1.54, 1.807) is 22.5 Å². The van der Waals surface area contributed by atoms with Crippen LogP contribution < -0.4 is 0 Å². The van der Waals surface area contributed by atoms with Crippen LogP contribution in [0.3, 0.4) is 0 Å². The molecular weight excluding hydrogens is 324 g/mol. The van der Waals surface area contributed by atoms with Gasteiger partial charge >= 0.3 is 0 Å². The largest absolute Gasteiger partial charge is 0.342 e. The zero-order valence-electron chi connectivity index (χ0n) is 14.5. The Balaban J connectivity index is 1.72. The molecule has 1 aromatic carbocycles. The summed E-state index contributed by atoms with van der Waals surface area (Å²) >= 11 is 0. The average Bonchev–Trinajstić information content (AvgIpc) is 2.58. The average molecular weight is 350 g/mol. The van der Waals surface area contributed by atoms with Gasteiger partial charge in [-0.2, -0.15) is 4.31 Å². The van der Waals surface area contributed by atoms with E-state index in [1.165, 1.54) is 0 Å². The summed E-state index contributed by atoms with van der Waals surface area (Å²) in [5.41, 5.74) is 1.05. The van der Waals surface area contributed by atoms with Gasteiger partial charge in [-0.3, -0.25) is 4.79 Å². The van der Waals surface area contributed by atoms with Crippen molar-refractivity contribution in [3.63, 3.8) is 0 Å². The zero-order valence-corrected chi connectivity index (χ0v) is 15.3. The first-order valence-electron chi connectivity index (χ1n) is 8.71. The molecule has 1 amide bonds. The van der Waals surface area contributed by atoms with Crippen molar-refractivity contribution in [2.75, 3.05) is 26.2 Å². The molecular formula is C18H26N2O3S. The fourth-order valence-electron chi connectivity index (χ4n) is 3.92. The van der Waals surface area contributed by atoms with Crippen LogP contribution in [0.4, 0.5) is 0 Å². The fourth-order valence-corrected chi connectivity index (χ4v) is 5.47. The highest BCUT2D eigenvalue weighted by atomic mass is 32.2. The SMILES string of the molecule is CCN1CC2(CCC1=O)CCN(S(=O)(=O)c1cccc(C)c1)CC2. The summed E-state index contributed by atoms with van der Waals surface area (Å²) in [6, 6.07) is 7.10. The molecule has 0 radical (unpaired) electrons. The maximum absolute atomic E-state index is 12.8. The number of nitrogens with zero attached hydrogens (tertiary/aromatic N) is 2. The number of hydrogen-bond acceptors (Lipinski definition) is 3. The maximum atomic E-state index is 12.8. The molecule has 2 saturated heterocycles. The standard InChI is InChI=1S/C18H26N2O3S/c1-3-19-14-18(8-7-17(19)21)9-11-20(12-10-18)24(22,23)16-6-4-5-15(2)13-16/h4-6,13H,3,7-12,14H2,1-2H3. The Morgan fingerprint density at radius 3 is 2.50 bits per heavy atom. The van der Waals surface area contributed by atoms with Gasteiger partial charge in [0.1, 0.15) is 0 Å². The van der Waals surface area contributed by atoms with Crippen molar-refractivity contribution in [3.05, 3.63) is 29.8 Å². The highest BCUT2D eigenvalue weighted by Crippen LogP contribution is 2.41. The lowest BCUT2D eigenvalue weighted by Gasteiger charge is -2.46. The number of piperidine rings is 2. The van der Waals surface area contributed by atoms with Crippen LogP contribution in [0.15, 0.2) is 29.2 Å². The number of sulfonamides is 1. The molecule has 2 aliphatic rings. The third-order valence-electron chi connectivity index (χ3n) is 5.54. The van der Waals surface area contributed by atoms with Gasteiger partial charge in [-0.25, -0.2) is 8.42 Å². The molecule has 6 heteroatoms. The predicted molar refractivity (Wildman–Crippen MR) is 93.1 cm³/mol. The van der Waals surface area contributed by atoms with E-state index in [0.29, 0.717) is 24.4 Å². The number of likely N-dealkylation sites (tertiary alicyclic amines) is 1. The van der Waals surface area contributed by atoms with Crippen LogP contribution in [0.2, 0.25) is 0 Å². The number of aryl methyl sites for hydroxylation is 1. The summed E-state index contributed by atoms with van der Waals surface area (Å²) in [6.45, 7) is 6.52. The van der Waals surface area contributed by atoms with Crippen molar-refractivity contribution in [2.24, 2.45) is 5.41 Å². The molecule has 0 saturated carbocycles. The second-order valence-corrected chi connectivity index (χ2v) is 9.07. The number of carbonyl (C=O) groups excluding carboxylic acids is 1. The molecule has 2 heterocycles. The Morgan fingerprint density at radius 2 is 1.88 bits per heavy atom. The zero-order chi connectivity index (χ0) is 17.4. The third-order valence-corrected chi connectivity index (χ3v) is 7.43. The third kappa shape index (κ3) is 3.22.